The fourth-order valence-corrected chi connectivity index (χ4v) is 3.33. The summed E-state index contributed by atoms with van der Waals surface area (Å²) in [5.74, 6) is 0.921. The highest BCUT2D eigenvalue weighted by Crippen LogP contribution is 2.34. The molecule has 1 atom stereocenters. The molecular formula is C19H20N3O4+. The number of rotatable bonds is 3. The lowest BCUT2D eigenvalue weighted by Crippen LogP contribution is -3.13. The fourth-order valence-electron chi connectivity index (χ4n) is 3.33. The smallest absolute Gasteiger partial charge is 0.326 e. The number of hydrogen-bond acceptors (Lipinski definition) is 4. The standard InChI is InChI=1S/C19H19N3O4/c23-18(11-22-8-7-13-3-1-2-4-14(13)10-22)21-19(24)20-15-5-6-16-17(9-15)26-12-25-16/h1-6,9H,7-8,10-12H2,(H2,20,21,23,24)/p+1. The molecule has 0 fully saturated rings. The summed E-state index contributed by atoms with van der Waals surface area (Å²) in [7, 11) is 0. The Hall–Kier alpha value is -3.06. The summed E-state index contributed by atoms with van der Waals surface area (Å²) in [5.41, 5.74) is 3.15. The number of quaternary nitrogens is 1. The molecule has 7 heteroatoms. The second kappa shape index (κ2) is 7.05. The number of fused-ring (bicyclic) bond motifs is 2. The Labute approximate surface area is 150 Å². The van der Waals surface area contributed by atoms with Crippen molar-refractivity contribution in [1.29, 1.82) is 0 Å². The van der Waals surface area contributed by atoms with Gasteiger partial charge in [-0.2, -0.15) is 0 Å². The predicted molar refractivity (Wildman–Crippen MR) is 94.3 cm³/mol. The molecule has 0 spiro atoms. The van der Waals surface area contributed by atoms with Gasteiger partial charge in [-0.3, -0.25) is 10.1 Å². The van der Waals surface area contributed by atoms with Crippen LogP contribution in [0.15, 0.2) is 42.5 Å². The van der Waals surface area contributed by atoms with E-state index in [1.54, 1.807) is 18.2 Å². The third-order valence-electron chi connectivity index (χ3n) is 4.60. The van der Waals surface area contributed by atoms with Crippen LogP contribution in [0.5, 0.6) is 11.5 Å². The average Bonchev–Trinajstić information content (AvgIpc) is 3.09. The van der Waals surface area contributed by atoms with Gasteiger partial charge in [0, 0.05) is 23.7 Å². The molecule has 0 saturated carbocycles. The molecule has 3 amide bonds. The first-order valence-electron chi connectivity index (χ1n) is 8.58. The lowest BCUT2D eigenvalue weighted by atomic mass is 10.00. The monoisotopic (exact) mass is 354 g/mol. The molecule has 2 aromatic carbocycles. The first kappa shape index (κ1) is 16.4. The van der Waals surface area contributed by atoms with E-state index in [0.717, 1.165) is 24.4 Å². The number of carbonyl (C=O) groups excluding carboxylic acids is 2. The van der Waals surface area contributed by atoms with Gasteiger partial charge in [-0.1, -0.05) is 24.3 Å². The van der Waals surface area contributed by atoms with Gasteiger partial charge in [0.2, 0.25) is 6.79 Å². The third kappa shape index (κ3) is 3.62. The molecule has 0 bridgehead atoms. The highest BCUT2D eigenvalue weighted by Gasteiger charge is 2.22. The topological polar surface area (TPSA) is 81.1 Å². The maximum Gasteiger partial charge on any atom is 0.326 e. The summed E-state index contributed by atoms with van der Waals surface area (Å²) in [6, 6.07) is 12.8. The molecule has 4 rings (SSSR count). The lowest BCUT2D eigenvalue weighted by Gasteiger charge is -2.25. The second-order valence-corrected chi connectivity index (χ2v) is 6.44. The molecule has 2 aliphatic rings. The van der Waals surface area contributed by atoms with Gasteiger partial charge >= 0.3 is 6.03 Å². The van der Waals surface area contributed by atoms with Crippen molar-refractivity contribution in [3.05, 3.63) is 53.6 Å². The molecule has 0 aliphatic carbocycles. The zero-order valence-electron chi connectivity index (χ0n) is 14.2. The van der Waals surface area contributed by atoms with E-state index in [4.69, 9.17) is 9.47 Å². The van der Waals surface area contributed by atoms with Gasteiger partial charge < -0.3 is 19.7 Å². The molecular weight excluding hydrogens is 334 g/mol. The first-order valence-corrected chi connectivity index (χ1v) is 8.58. The molecule has 0 saturated heterocycles. The lowest BCUT2D eigenvalue weighted by molar-refractivity contribution is -0.908. The number of anilines is 1. The van der Waals surface area contributed by atoms with Gasteiger partial charge in [0.05, 0.1) is 6.54 Å². The van der Waals surface area contributed by atoms with Gasteiger partial charge in [-0.05, 0) is 17.7 Å². The van der Waals surface area contributed by atoms with E-state index in [0.29, 0.717) is 17.2 Å². The fraction of sp³-hybridized carbons (Fsp3) is 0.263. The average molecular weight is 354 g/mol. The molecule has 2 aliphatic heterocycles. The molecule has 0 radical (unpaired) electrons. The number of hydrogen-bond donors (Lipinski definition) is 3. The summed E-state index contributed by atoms with van der Waals surface area (Å²) in [6.07, 6.45) is 0.947. The minimum Gasteiger partial charge on any atom is -0.454 e. The van der Waals surface area contributed by atoms with Crippen LogP contribution in [0.25, 0.3) is 0 Å². The Bertz CT molecular complexity index is 852. The molecule has 0 aromatic heterocycles. The van der Waals surface area contributed by atoms with Crippen LogP contribution >= 0.6 is 0 Å². The largest absolute Gasteiger partial charge is 0.454 e. The summed E-state index contributed by atoms with van der Waals surface area (Å²) in [5, 5.41) is 5.03. The number of amides is 3. The Morgan fingerprint density at radius 2 is 1.85 bits per heavy atom. The Kier molecular flexibility index (Phi) is 4.45. The number of ether oxygens (including phenoxy) is 2. The van der Waals surface area contributed by atoms with Crippen molar-refractivity contribution < 1.29 is 24.0 Å². The predicted octanol–water partition coefficient (Wildman–Crippen LogP) is 0.705. The number of carbonyl (C=O) groups is 2. The highest BCUT2D eigenvalue weighted by atomic mass is 16.7. The number of nitrogens with one attached hydrogen (secondary N) is 3. The normalized spacial score (nSPS) is 17.3. The van der Waals surface area contributed by atoms with Crippen LogP contribution in [0.1, 0.15) is 11.1 Å². The second-order valence-electron chi connectivity index (χ2n) is 6.44. The number of imide groups is 1. The van der Waals surface area contributed by atoms with E-state index in [1.165, 1.54) is 11.1 Å². The van der Waals surface area contributed by atoms with E-state index in [9.17, 15) is 9.59 Å². The summed E-state index contributed by atoms with van der Waals surface area (Å²) >= 11 is 0. The molecule has 2 aromatic rings. The van der Waals surface area contributed by atoms with E-state index in [2.05, 4.69) is 22.8 Å². The molecule has 134 valence electrons. The van der Waals surface area contributed by atoms with Crippen LogP contribution in [0, 0.1) is 0 Å². The molecule has 7 nitrogen and oxygen atoms in total. The third-order valence-corrected chi connectivity index (χ3v) is 4.60. The van der Waals surface area contributed by atoms with Gasteiger partial charge in [-0.25, -0.2) is 4.79 Å². The van der Waals surface area contributed by atoms with Crippen LogP contribution in [0.2, 0.25) is 0 Å². The van der Waals surface area contributed by atoms with Crippen molar-refractivity contribution in [2.45, 2.75) is 13.0 Å². The zero-order chi connectivity index (χ0) is 17.9. The Morgan fingerprint density at radius 1 is 1.04 bits per heavy atom. The minimum atomic E-state index is -0.550. The highest BCUT2D eigenvalue weighted by molar-refractivity contribution is 6.01. The van der Waals surface area contributed by atoms with Crippen molar-refractivity contribution >= 4 is 17.6 Å². The first-order chi connectivity index (χ1) is 12.7. The van der Waals surface area contributed by atoms with Crippen molar-refractivity contribution in [2.24, 2.45) is 0 Å². The quantitative estimate of drug-likeness (QED) is 0.758. The maximum absolute atomic E-state index is 12.2. The van der Waals surface area contributed by atoms with Crippen LogP contribution in [-0.4, -0.2) is 31.8 Å². The van der Waals surface area contributed by atoms with Crippen LogP contribution < -0.4 is 25.0 Å². The van der Waals surface area contributed by atoms with Crippen molar-refractivity contribution in [3.8, 4) is 11.5 Å². The van der Waals surface area contributed by atoms with Crippen LogP contribution in [0.4, 0.5) is 10.5 Å². The summed E-state index contributed by atoms with van der Waals surface area (Å²) in [6.45, 7) is 2.12. The molecule has 3 N–H and O–H groups in total. The van der Waals surface area contributed by atoms with Gasteiger partial charge in [0.15, 0.2) is 18.0 Å². The summed E-state index contributed by atoms with van der Waals surface area (Å²) in [4.78, 5) is 25.4. The Morgan fingerprint density at radius 3 is 2.73 bits per heavy atom. The molecule has 26 heavy (non-hydrogen) atoms. The van der Waals surface area contributed by atoms with E-state index in [1.807, 2.05) is 12.1 Å². The maximum atomic E-state index is 12.2. The number of benzene rings is 2. The molecule has 2 heterocycles. The minimum absolute atomic E-state index is 0.172. The van der Waals surface area contributed by atoms with Crippen molar-refractivity contribution in [1.82, 2.24) is 5.32 Å². The van der Waals surface area contributed by atoms with E-state index < -0.39 is 6.03 Å². The van der Waals surface area contributed by atoms with Crippen LogP contribution in [-0.2, 0) is 17.8 Å². The summed E-state index contributed by atoms with van der Waals surface area (Å²) < 4.78 is 10.5. The Balaban J connectivity index is 1.29. The van der Waals surface area contributed by atoms with Crippen molar-refractivity contribution in [2.75, 3.05) is 25.2 Å². The zero-order valence-corrected chi connectivity index (χ0v) is 14.2. The van der Waals surface area contributed by atoms with Gasteiger partial charge in [-0.15, -0.1) is 0 Å². The number of urea groups is 1. The molecule has 1 unspecified atom stereocenters. The SMILES string of the molecule is O=C(C[NH+]1CCc2ccccc2C1)NC(=O)Nc1ccc2c(c1)OCO2. The van der Waals surface area contributed by atoms with Crippen molar-refractivity contribution in [3.63, 3.8) is 0 Å². The van der Waals surface area contributed by atoms with E-state index in [-0.39, 0.29) is 19.2 Å². The van der Waals surface area contributed by atoms with Crippen LogP contribution in [0.3, 0.4) is 0 Å². The van der Waals surface area contributed by atoms with Gasteiger partial charge in [0.25, 0.3) is 5.91 Å². The van der Waals surface area contributed by atoms with Gasteiger partial charge in [0.1, 0.15) is 6.54 Å². The van der Waals surface area contributed by atoms with E-state index >= 15 is 0 Å².